The van der Waals surface area contributed by atoms with Gasteiger partial charge < -0.3 is 15.5 Å². The van der Waals surface area contributed by atoms with Gasteiger partial charge >= 0.3 is 6.03 Å². The summed E-state index contributed by atoms with van der Waals surface area (Å²) in [7, 11) is -0.252. The minimum absolute atomic E-state index is 0.105. The number of sulfonamides is 1. The molecule has 0 radical (unpaired) electrons. The summed E-state index contributed by atoms with van der Waals surface area (Å²) in [5, 5.41) is 0. The summed E-state index contributed by atoms with van der Waals surface area (Å²) in [6.07, 6.45) is 0. The van der Waals surface area contributed by atoms with Gasteiger partial charge in [0.25, 0.3) is 0 Å². The molecule has 2 N–H and O–H groups in total. The van der Waals surface area contributed by atoms with Crippen molar-refractivity contribution in [2.75, 3.05) is 46.0 Å². The smallest absolute Gasteiger partial charge is 0.319 e. The summed E-state index contributed by atoms with van der Waals surface area (Å²) in [5.74, 6) is 0. The molecule has 2 amide bonds. The molecule has 116 valence electrons. The van der Waals surface area contributed by atoms with E-state index in [1.165, 1.54) is 15.3 Å². The maximum Gasteiger partial charge on any atom is 0.319 e. The minimum atomic E-state index is -3.61. The van der Waals surface area contributed by atoms with Crippen LogP contribution in [0.1, 0.15) is 0 Å². The number of nitrogens with zero attached hydrogens (tertiary/aromatic N) is 3. The molecule has 0 saturated carbocycles. The number of piperazine rings is 1. The largest absolute Gasteiger partial charge is 0.398 e. The van der Waals surface area contributed by atoms with E-state index in [4.69, 9.17) is 5.73 Å². The Bertz CT molecular complexity index is 622. The Hall–Kier alpha value is -1.80. The Morgan fingerprint density at radius 2 is 1.71 bits per heavy atom. The van der Waals surface area contributed by atoms with E-state index < -0.39 is 10.0 Å². The van der Waals surface area contributed by atoms with Crippen LogP contribution in [0.4, 0.5) is 10.5 Å². The van der Waals surface area contributed by atoms with Crippen LogP contribution in [0.5, 0.6) is 0 Å². The van der Waals surface area contributed by atoms with Crippen molar-refractivity contribution in [1.29, 1.82) is 0 Å². The predicted octanol–water partition coefficient (Wildman–Crippen LogP) is 0.257. The number of benzene rings is 1. The molecule has 0 aromatic heterocycles. The van der Waals surface area contributed by atoms with Crippen LogP contribution in [-0.2, 0) is 10.0 Å². The monoisotopic (exact) mass is 312 g/mol. The first-order valence-corrected chi connectivity index (χ1v) is 8.09. The molecule has 2 rings (SSSR count). The van der Waals surface area contributed by atoms with Crippen molar-refractivity contribution in [2.24, 2.45) is 0 Å². The lowest BCUT2D eigenvalue weighted by molar-refractivity contribution is 0.149. The van der Waals surface area contributed by atoms with E-state index in [1.807, 2.05) is 0 Å². The lowest BCUT2D eigenvalue weighted by atomic mass is 10.3. The summed E-state index contributed by atoms with van der Waals surface area (Å²) in [5.41, 5.74) is 5.99. The zero-order valence-corrected chi connectivity index (χ0v) is 13.0. The van der Waals surface area contributed by atoms with Gasteiger partial charge in [0, 0.05) is 40.3 Å². The molecule has 1 fully saturated rings. The van der Waals surface area contributed by atoms with Crippen molar-refractivity contribution in [3.8, 4) is 0 Å². The van der Waals surface area contributed by atoms with Crippen LogP contribution in [0.15, 0.2) is 29.2 Å². The Morgan fingerprint density at radius 1 is 1.14 bits per heavy atom. The first-order chi connectivity index (χ1) is 9.84. The van der Waals surface area contributed by atoms with Gasteiger partial charge in [-0.1, -0.05) is 12.1 Å². The van der Waals surface area contributed by atoms with Crippen LogP contribution in [-0.4, -0.2) is 68.8 Å². The molecular weight excluding hydrogens is 292 g/mol. The predicted molar refractivity (Wildman–Crippen MR) is 80.3 cm³/mol. The second-order valence-corrected chi connectivity index (χ2v) is 7.01. The summed E-state index contributed by atoms with van der Waals surface area (Å²) >= 11 is 0. The standard InChI is InChI=1S/C13H20N4O3S/c1-15(2)13(18)16-7-9-17(10-8-16)21(19,20)12-6-4-3-5-11(12)14/h3-6H,7-10,14H2,1-2H3. The fourth-order valence-corrected chi connectivity index (χ4v) is 3.80. The minimum Gasteiger partial charge on any atom is -0.398 e. The van der Waals surface area contributed by atoms with Gasteiger partial charge in [0.15, 0.2) is 0 Å². The first-order valence-electron chi connectivity index (χ1n) is 6.65. The maximum absolute atomic E-state index is 12.6. The van der Waals surface area contributed by atoms with Gasteiger partial charge in [-0.25, -0.2) is 13.2 Å². The van der Waals surface area contributed by atoms with Gasteiger partial charge in [-0.2, -0.15) is 4.31 Å². The molecule has 1 heterocycles. The van der Waals surface area contributed by atoms with Crippen molar-refractivity contribution in [1.82, 2.24) is 14.1 Å². The SMILES string of the molecule is CN(C)C(=O)N1CCN(S(=O)(=O)c2ccccc2N)CC1. The normalized spacial score (nSPS) is 16.8. The first kappa shape index (κ1) is 15.6. The molecule has 7 nitrogen and oxygen atoms in total. The van der Waals surface area contributed by atoms with Crippen LogP contribution in [0.2, 0.25) is 0 Å². The third kappa shape index (κ3) is 3.11. The van der Waals surface area contributed by atoms with Crippen LogP contribution in [0.3, 0.4) is 0 Å². The van der Waals surface area contributed by atoms with E-state index in [0.717, 1.165) is 0 Å². The number of carbonyl (C=O) groups is 1. The summed E-state index contributed by atoms with van der Waals surface area (Å²) in [6, 6.07) is 6.31. The highest BCUT2D eigenvalue weighted by atomic mass is 32.2. The highest BCUT2D eigenvalue weighted by molar-refractivity contribution is 7.89. The third-order valence-corrected chi connectivity index (χ3v) is 5.40. The van der Waals surface area contributed by atoms with Crippen molar-refractivity contribution in [3.63, 3.8) is 0 Å². The number of carbonyl (C=O) groups excluding carboxylic acids is 1. The topological polar surface area (TPSA) is 87.0 Å². The van der Waals surface area contributed by atoms with E-state index in [1.54, 1.807) is 37.2 Å². The van der Waals surface area contributed by atoms with Crippen molar-refractivity contribution >= 4 is 21.7 Å². The van der Waals surface area contributed by atoms with Gasteiger partial charge in [-0.05, 0) is 12.1 Å². The molecule has 1 aromatic carbocycles. The van der Waals surface area contributed by atoms with Crippen LogP contribution >= 0.6 is 0 Å². The number of nitrogen functional groups attached to an aromatic ring is 1. The lowest BCUT2D eigenvalue weighted by Gasteiger charge is -2.35. The Kier molecular flexibility index (Phi) is 4.38. The van der Waals surface area contributed by atoms with Crippen LogP contribution in [0.25, 0.3) is 0 Å². The quantitative estimate of drug-likeness (QED) is 0.793. The number of hydrogen-bond acceptors (Lipinski definition) is 4. The second kappa shape index (κ2) is 5.90. The average Bonchev–Trinajstić information content (AvgIpc) is 2.46. The van der Waals surface area contributed by atoms with Crippen LogP contribution < -0.4 is 5.73 Å². The highest BCUT2D eigenvalue weighted by Crippen LogP contribution is 2.23. The number of hydrogen-bond donors (Lipinski definition) is 1. The zero-order chi connectivity index (χ0) is 15.6. The van der Waals surface area contributed by atoms with Gasteiger partial charge in [0.1, 0.15) is 4.90 Å². The Balaban J connectivity index is 2.12. The molecule has 0 unspecified atom stereocenters. The van der Waals surface area contributed by atoms with Crippen molar-refractivity contribution < 1.29 is 13.2 Å². The van der Waals surface area contributed by atoms with Crippen LogP contribution in [0, 0.1) is 0 Å². The van der Waals surface area contributed by atoms with E-state index >= 15 is 0 Å². The summed E-state index contributed by atoms with van der Waals surface area (Å²) in [6.45, 7) is 1.30. The van der Waals surface area contributed by atoms with Crippen molar-refractivity contribution in [2.45, 2.75) is 4.90 Å². The number of para-hydroxylation sites is 1. The third-order valence-electron chi connectivity index (χ3n) is 3.43. The Morgan fingerprint density at radius 3 is 2.24 bits per heavy atom. The summed E-state index contributed by atoms with van der Waals surface area (Å²) in [4.78, 5) is 15.1. The molecule has 0 atom stereocenters. The lowest BCUT2D eigenvalue weighted by Crippen LogP contribution is -2.52. The molecule has 0 aliphatic carbocycles. The molecule has 1 aromatic rings. The number of rotatable bonds is 2. The van der Waals surface area contributed by atoms with Gasteiger partial charge in [-0.15, -0.1) is 0 Å². The second-order valence-electron chi connectivity index (χ2n) is 5.11. The maximum atomic E-state index is 12.6. The fraction of sp³-hybridized carbons (Fsp3) is 0.462. The molecule has 1 aliphatic heterocycles. The number of urea groups is 1. The van der Waals surface area contributed by atoms with Crippen molar-refractivity contribution in [3.05, 3.63) is 24.3 Å². The molecule has 1 aliphatic rings. The number of nitrogens with two attached hydrogens (primary N) is 1. The van der Waals surface area contributed by atoms with Gasteiger partial charge in [0.2, 0.25) is 10.0 Å². The summed E-state index contributed by atoms with van der Waals surface area (Å²) < 4.78 is 26.5. The average molecular weight is 312 g/mol. The number of anilines is 1. The van der Waals surface area contributed by atoms with E-state index in [-0.39, 0.29) is 29.7 Å². The highest BCUT2D eigenvalue weighted by Gasteiger charge is 2.31. The molecule has 0 spiro atoms. The Labute approximate surface area is 125 Å². The molecule has 1 saturated heterocycles. The molecule has 0 bridgehead atoms. The molecule has 8 heteroatoms. The number of amides is 2. The van der Waals surface area contributed by atoms with E-state index in [0.29, 0.717) is 13.1 Å². The fourth-order valence-electron chi connectivity index (χ4n) is 2.26. The van der Waals surface area contributed by atoms with Gasteiger partial charge in [0.05, 0.1) is 5.69 Å². The zero-order valence-electron chi connectivity index (χ0n) is 12.2. The molecule has 21 heavy (non-hydrogen) atoms. The molecular formula is C13H20N4O3S. The van der Waals surface area contributed by atoms with E-state index in [2.05, 4.69) is 0 Å². The van der Waals surface area contributed by atoms with E-state index in [9.17, 15) is 13.2 Å². The van der Waals surface area contributed by atoms with Gasteiger partial charge in [-0.3, -0.25) is 0 Å².